The summed E-state index contributed by atoms with van der Waals surface area (Å²) in [6.45, 7) is 8.14. The van der Waals surface area contributed by atoms with Crippen molar-refractivity contribution in [3.8, 4) is 0 Å². The topological polar surface area (TPSA) is 12.0 Å². The highest BCUT2D eigenvalue weighted by Gasteiger charge is 2.16. The molecule has 1 aromatic rings. The number of nitrogens with one attached hydrogen (secondary N) is 1. The van der Waals surface area contributed by atoms with Crippen LogP contribution in [-0.2, 0) is 0 Å². The van der Waals surface area contributed by atoms with E-state index in [9.17, 15) is 0 Å². The largest absolute Gasteiger partial charge is 0.319 e. The number of benzene rings is 1. The van der Waals surface area contributed by atoms with Gasteiger partial charge in [-0.25, -0.2) is 0 Å². The molecular formula is C16H26IN. The van der Waals surface area contributed by atoms with E-state index in [0.29, 0.717) is 11.3 Å². The van der Waals surface area contributed by atoms with Crippen molar-refractivity contribution in [3.63, 3.8) is 0 Å². The van der Waals surface area contributed by atoms with Crippen LogP contribution in [0.1, 0.15) is 51.5 Å². The van der Waals surface area contributed by atoms with Gasteiger partial charge in [-0.15, -0.1) is 0 Å². The molecule has 0 aliphatic carbocycles. The molecule has 0 bridgehead atoms. The predicted molar refractivity (Wildman–Crippen MR) is 89.1 cm³/mol. The van der Waals surface area contributed by atoms with Gasteiger partial charge in [0.05, 0.1) is 0 Å². The summed E-state index contributed by atoms with van der Waals surface area (Å²) in [6, 6.07) is 8.89. The number of rotatable bonds is 7. The summed E-state index contributed by atoms with van der Waals surface area (Å²) in [6.07, 6.45) is 3.89. The zero-order valence-electron chi connectivity index (χ0n) is 12.1. The van der Waals surface area contributed by atoms with Gasteiger partial charge in [0.1, 0.15) is 0 Å². The maximum Gasteiger partial charge on any atom is 0.0133 e. The van der Waals surface area contributed by atoms with E-state index >= 15 is 0 Å². The first-order valence-corrected chi connectivity index (χ1v) is 7.92. The average Bonchev–Trinajstić information content (AvgIpc) is 2.28. The van der Waals surface area contributed by atoms with Crippen LogP contribution in [-0.4, -0.2) is 13.6 Å². The summed E-state index contributed by atoms with van der Waals surface area (Å²) >= 11 is 2.39. The molecule has 0 saturated carbocycles. The lowest BCUT2D eigenvalue weighted by atomic mass is 9.85. The quantitative estimate of drug-likeness (QED) is 0.689. The SMILES string of the molecule is CNCC(C)(C)CCCC(C)c1cccc(I)c1. The van der Waals surface area contributed by atoms with E-state index in [-0.39, 0.29) is 0 Å². The van der Waals surface area contributed by atoms with Gasteiger partial charge >= 0.3 is 0 Å². The second kappa shape index (κ2) is 7.49. The summed E-state index contributed by atoms with van der Waals surface area (Å²) < 4.78 is 1.34. The summed E-state index contributed by atoms with van der Waals surface area (Å²) in [5, 5.41) is 3.28. The molecule has 0 spiro atoms. The zero-order chi connectivity index (χ0) is 13.6. The molecule has 1 nitrogen and oxygen atoms in total. The van der Waals surface area contributed by atoms with Crippen molar-refractivity contribution >= 4 is 22.6 Å². The molecule has 18 heavy (non-hydrogen) atoms. The van der Waals surface area contributed by atoms with Crippen LogP contribution in [0.3, 0.4) is 0 Å². The molecule has 1 rings (SSSR count). The Balaban J connectivity index is 2.40. The molecule has 2 heteroatoms. The molecule has 0 fully saturated rings. The van der Waals surface area contributed by atoms with Gasteiger partial charge in [0.2, 0.25) is 0 Å². The highest BCUT2D eigenvalue weighted by Crippen LogP contribution is 2.27. The Morgan fingerprint density at radius 2 is 2.06 bits per heavy atom. The lowest BCUT2D eigenvalue weighted by molar-refractivity contribution is 0.308. The van der Waals surface area contributed by atoms with E-state index in [1.165, 1.54) is 28.4 Å². The van der Waals surface area contributed by atoms with E-state index in [4.69, 9.17) is 0 Å². The van der Waals surface area contributed by atoms with E-state index < -0.39 is 0 Å². The highest BCUT2D eigenvalue weighted by molar-refractivity contribution is 14.1. The second-order valence-corrected chi connectivity index (χ2v) is 7.29. The summed E-state index contributed by atoms with van der Waals surface area (Å²) in [5.74, 6) is 0.671. The molecule has 0 aliphatic rings. The molecular weight excluding hydrogens is 333 g/mol. The summed E-state index contributed by atoms with van der Waals surface area (Å²) in [7, 11) is 2.04. The molecule has 1 unspecified atom stereocenters. The van der Waals surface area contributed by atoms with Gasteiger partial charge in [-0.3, -0.25) is 0 Å². The normalized spacial score (nSPS) is 13.6. The zero-order valence-corrected chi connectivity index (χ0v) is 14.3. The Morgan fingerprint density at radius 3 is 2.67 bits per heavy atom. The molecule has 102 valence electrons. The molecule has 0 radical (unpaired) electrons. The van der Waals surface area contributed by atoms with Crippen LogP contribution in [0.4, 0.5) is 0 Å². The molecule has 0 aromatic heterocycles. The van der Waals surface area contributed by atoms with E-state index in [2.05, 4.69) is 72.9 Å². The minimum Gasteiger partial charge on any atom is -0.319 e. The van der Waals surface area contributed by atoms with Crippen molar-refractivity contribution in [2.75, 3.05) is 13.6 Å². The Kier molecular flexibility index (Phi) is 6.64. The lowest BCUT2D eigenvalue weighted by Crippen LogP contribution is -2.26. The van der Waals surface area contributed by atoms with Crippen LogP contribution in [0.5, 0.6) is 0 Å². The van der Waals surface area contributed by atoms with Gasteiger partial charge in [0.25, 0.3) is 0 Å². The van der Waals surface area contributed by atoms with Crippen LogP contribution in [0.25, 0.3) is 0 Å². The standard InChI is InChI=1S/C16H26IN/c1-13(14-8-5-9-15(17)11-14)7-6-10-16(2,3)12-18-4/h5,8-9,11,13,18H,6-7,10,12H2,1-4H3. The molecule has 0 aliphatic heterocycles. The fourth-order valence-corrected chi connectivity index (χ4v) is 3.00. The molecule has 0 heterocycles. The summed E-state index contributed by atoms with van der Waals surface area (Å²) in [5.41, 5.74) is 1.90. The smallest absolute Gasteiger partial charge is 0.0133 e. The van der Waals surface area contributed by atoms with Crippen LogP contribution in [0.2, 0.25) is 0 Å². The molecule has 0 amide bonds. The number of hydrogen-bond acceptors (Lipinski definition) is 1. The first-order valence-electron chi connectivity index (χ1n) is 6.85. The Morgan fingerprint density at radius 1 is 1.33 bits per heavy atom. The molecule has 0 saturated heterocycles. The van der Waals surface area contributed by atoms with Crippen molar-refractivity contribution in [2.45, 2.75) is 46.0 Å². The van der Waals surface area contributed by atoms with E-state index in [1.807, 2.05) is 7.05 Å². The van der Waals surface area contributed by atoms with Gasteiger partial charge in [0.15, 0.2) is 0 Å². The maximum absolute atomic E-state index is 3.28. The van der Waals surface area contributed by atoms with Crippen LogP contribution >= 0.6 is 22.6 Å². The van der Waals surface area contributed by atoms with Gasteiger partial charge in [0, 0.05) is 3.57 Å². The first-order chi connectivity index (χ1) is 8.44. The molecule has 1 atom stereocenters. The van der Waals surface area contributed by atoms with Gasteiger partial charge in [-0.1, -0.05) is 39.3 Å². The Labute approximate surface area is 126 Å². The van der Waals surface area contributed by atoms with Crippen LogP contribution in [0, 0.1) is 8.99 Å². The van der Waals surface area contributed by atoms with Crippen LogP contribution in [0.15, 0.2) is 24.3 Å². The third-order valence-corrected chi connectivity index (χ3v) is 4.23. The second-order valence-electron chi connectivity index (χ2n) is 6.04. The van der Waals surface area contributed by atoms with Gasteiger partial charge < -0.3 is 5.32 Å². The monoisotopic (exact) mass is 359 g/mol. The fraction of sp³-hybridized carbons (Fsp3) is 0.625. The molecule has 1 aromatic carbocycles. The van der Waals surface area contributed by atoms with Crippen molar-refractivity contribution < 1.29 is 0 Å². The summed E-state index contributed by atoms with van der Waals surface area (Å²) in [4.78, 5) is 0. The Hall–Kier alpha value is -0.0900. The number of hydrogen-bond donors (Lipinski definition) is 1. The van der Waals surface area contributed by atoms with Crippen molar-refractivity contribution in [1.82, 2.24) is 5.32 Å². The highest BCUT2D eigenvalue weighted by atomic mass is 127. The minimum atomic E-state index is 0.416. The first kappa shape index (κ1) is 16.0. The Bertz CT molecular complexity index is 360. The van der Waals surface area contributed by atoms with Crippen molar-refractivity contribution in [2.24, 2.45) is 5.41 Å². The van der Waals surface area contributed by atoms with Gasteiger partial charge in [-0.2, -0.15) is 0 Å². The maximum atomic E-state index is 3.28. The lowest BCUT2D eigenvalue weighted by Gasteiger charge is -2.25. The van der Waals surface area contributed by atoms with E-state index in [0.717, 1.165) is 6.54 Å². The number of halogens is 1. The fourth-order valence-electron chi connectivity index (χ4n) is 2.43. The molecule has 1 N–H and O–H groups in total. The average molecular weight is 359 g/mol. The van der Waals surface area contributed by atoms with E-state index in [1.54, 1.807) is 0 Å². The van der Waals surface area contributed by atoms with Crippen molar-refractivity contribution in [3.05, 3.63) is 33.4 Å². The predicted octanol–water partition coefficient (Wildman–Crippen LogP) is 4.81. The van der Waals surface area contributed by atoms with Gasteiger partial charge in [-0.05, 0) is 78.1 Å². The third kappa shape index (κ3) is 5.70. The third-order valence-electron chi connectivity index (χ3n) is 3.56. The van der Waals surface area contributed by atoms with Crippen LogP contribution < -0.4 is 5.32 Å². The van der Waals surface area contributed by atoms with Crippen molar-refractivity contribution in [1.29, 1.82) is 0 Å². The minimum absolute atomic E-state index is 0.416.